The van der Waals surface area contributed by atoms with Gasteiger partial charge in [0.05, 0.1) is 19.3 Å². The van der Waals surface area contributed by atoms with Crippen LogP contribution < -0.4 is 0 Å². The molecule has 0 spiro atoms. The van der Waals surface area contributed by atoms with Gasteiger partial charge in [0.15, 0.2) is 0 Å². The third kappa shape index (κ3) is 7.83. The van der Waals surface area contributed by atoms with Crippen LogP contribution in [0.4, 0.5) is 35.1 Å². The molecular weight excluding hydrogens is 304 g/mol. The largest absolute Gasteiger partial charge is 0.396 e. The number of alkyl halides is 8. The summed E-state index contributed by atoms with van der Waals surface area (Å²) in [7, 11) is 0. The first-order valence-electron chi connectivity index (χ1n) is 5.47. The lowest BCUT2D eigenvalue weighted by Gasteiger charge is -2.28. The molecule has 10 heteroatoms. The molecular formula is C10H14F8O2. The molecule has 0 bridgehead atoms. The molecule has 0 rings (SSSR count). The Kier molecular flexibility index (Phi) is 6.21. The van der Waals surface area contributed by atoms with Gasteiger partial charge < -0.3 is 10.2 Å². The maximum Gasteiger partial charge on any atom is 0.276 e. The van der Waals surface area contributed by atoms with Gasteiger partial charge in [-0.05, 0) is 0 Å². The third-order valence-corrected chi connectivity index (χ3v) is 2.26. The molecule has 2 N–H and O–H groups in total. The van der Waals surface area contributed by atoms with Crippen molar-refractivity contribution in [2.75, 3.05) is 13.2 Å². The van der Waals surface area contributed by atoms with Crippen LogP contribution in [0.3, 0.4) is 0 Å². The number of rotatable bonds is 9. The van der Waals surface area contributed by atoms with Crippen LogP contribution in [0.15, 0.2) is 0 Å². The number of aliphatic hydroxyl groups is 2. The van der Waals surface area contributed by atoms with E-state index in [1.807, 2.05) is 0 Å². The molecule has 0 radical (unpaired) electrons. The number of hydrogen-bond donors (Lipinski definition) is 2. The highest BCUT2D eigenvalue weighted by Crippen LogP contribution is 2.42. The van der Waals surface area contributed by atoms with E-state index in [1.165, 1.54) is 0 Å². The lowest BCUT2D eigenvalue weighted by Crippen LogP contribution is -2.39. The van der Waals surface area contributed by atoms with E-state index in [4.69, 9.17) is 10.2 Å². The Morgan fingerprint density at radius 3 is 1.25 bits per heavy atom. The molecule has 0 fully saturated rings. The fourth-order valence-electron chi connectivity index (χ4n) is 1.57. The maximum absolute atomic E-state index is 13.1. The standard InChI is InChI=1S/C10H14F8O2/c11-7(12,1-2-19)3-8(13,14)4-9(15,16)5-10(17,18)6-20/h19-20H,1-6H2. The molecule has 0 aliphatic heterocycles. The second-order valence-electron chi connectivity index (χ2n) is 4.59. The van der Waals surface area contributed by atoms with Crippen molar-refractivity contribution in [3.05, 3.63) is 0 Å². The van der Waals surface area contributed by atoms with Crippen molar-refractivity contribution in [1.82, 2.24) is 0 Å². The highest BCUT2D eigenvalue weighted by Gasteiger charge is 2.52. The van der Waals surface area contributed by atoms with Crippen LogP contribution in [0.5, 0.6) is 0 Å². The Hall–Kier alpha value is -0.640. The van der Waals surface area contributed by atoms with Gasteiger partial charge in [-0.15, -0.1) is 0 Å². The lowest BCUT2D eigenvalue weighted by atomic mass is 9.98. The van der Waals surface area contributed by atoms with Crippen molar-refractivity contribution in [1.29, 1.82) is 0 Å². The van der Waals surface area contributed by atoms with E-state index >= 15 is 0 Å². The summed E-state index contributed by atoms with van der Waals surface area (Å²) in [5, 5.41) is 16.3. The fourth-order valence-corrected chi connectivity index (χ4v) is 1.57. The highest BCUT2D eigenvalue weighted by atomic mass is 19.3. The van der Waals surface area contributed by atoms with Crippen molar-refractivity contribution in [2.24, 2.45) is 0 Å². The quantitative estimate of drug-likeness (QED) is 0.642. The molecule has 122 valence electrons. The molecule has 0 aromatic rings. The Balaban J connectivity index is 4.73. The van der Waals surface area contributed by atoms with Gasteiger partial charge in [-0.1, -0.05) is 0 Å². The molecule has 0 aromatic carbocycles. The van der Waals surface area contributed by atoms with Crippen LogP contribution in [0.1, 0.15) is 25.7 Å². The minimum atomic E-state index is -4.62. The molecule has 0 unspecified atom stereocenters. The van der Waals surface area contributed by atoms with Crippen molar-refractivity contribution in [2.45, 2.75) is 49.4 Å². The topological polar surface area (TPSA) is 40.5 Å². The van der Waals surface area contributed by atoms with Crippen LogP contribution in [0, 0.1) is 0 Å². The molecule has 0 saturated heterocycles. The van der Waals surface area contributed by atoms with Crippen LogP contribution in [-0.4, -0.2) is 47.1 Å². The van der Waals surface area contributed by atoms with Crippen LogP contribution >= 0.6 is 0 Å². The summed E-state index contributed by atoms with van der Waals surface area (Å²) in [6.07, 6.45) is -8.48. The van der Waals surface area contributed by atoms with Crippen LogP contribution in [0.2, 0.25) is 0 Å². The van der Waals surface area contributed by atoms with Crippen molar-refractivity contribution < 1.29 is 45.3 Å². The first-order valence-corrected chi connectivity index (χ1v) is 5.47. The normalized spacial score (nSPS) is 14.7. The second kappa shape index (κ2) is 6.42. The smallest absolute Gasteiger partial charge is 0.276 e. The van der Waals surface area contributed by atoms with Crippen LogP contribution in [0.25, 0.3) is 0 Å². The van der Waals surface area contributed by atoms with Gasteiger partial charge in [0.1, 0.15) is 6.61 Å². The summed E-state index contributed by atoms with van der Waals surface area (Å²) in [6, 6.07) is 0. The van der Waals surface area contributed by atoms with E-state index < -0.39 is 62.6 Å². The Bertz CT molecular complexity index is 306. The average Bonchev–Trinajstić information content (AvgIpc) is 2.10. The van der Waals surface area contributed by atoms with E-state index in [1.54, 1.807) is 0 Å². The summed E-state index contributed by atoms with van der Waals surface area (Å²) in [6.45, 7) is -3.09. The molecule has 0 saturated carbocycles. The Morgan fingerprint density at radius 2 is 0.900 bits per heavy atom. The SMILES string of the molecule is OCCC(F)(F)CC(F)(F)CC(F)(F)CC(F)(F)CO. The summed E-state index contributed by atoms with van der Waals surface area (Å²) in [5.74, 6) is -17.6. The molecule has 0 aromatic heterocycles. The molecule has 0 amide bonds. The fraction of sp³-hybridized carbons (Fsp3) is 1.00. The maximum atomic E-state index is 13.1. The Labute approximate surface area is 109 Å². The van der Waals surface area contributed by atoms with Crippen molar-refractivity contribution >= 4 is 0 Å². The predicted molar refractivity (Wildman–Crippen MR) is 52.4 cm³/mol. The van der Waals surface area contributed by atoms with E-state index in [-0.39, 0.29) is 0 Å². The van der Waals surface area contributed by atoms with E-state index in [9.17, 15) is 35.1 Å². The zero-order valence-electron chi connectivity index (χ0n) is 10.2. The summed E-state index contributed by atoms with van der Waals surface area (Å²) in [4.78, 5) is 0. The molecule has 0 heterocycles. The van der Waals surface area contributed by atoms with E-state index in [0.29, 0.717) is 0 Å². The van der Waals surface area contributed by atoms with Gasteiger partial charge in [0.25, 0.3) is 23.7 Å². The van der Waals surface area contributed by atoms with Gasteiger partial charge in [0.2, 0.25) is 0 Å². The predicted octanol–water partition coefficient (Wildman–Crippen LogP) is 3.07. The number of aliphatic hydroxyl groups excluding tert-OH is 2. The van der Waals surface area contributed by atoms with Crippen molar-refractivity contribution in [3.63, 3.8) is 0 Å². The first kappa shape index (κ1) is 19.4. The molecule has 2 nitrogen and oxygen atoms in total. The third-order valence-electron chi connectivity index (χ3n) is 2.26. The van der Waals surface area contributed by atoms with Gasteiger partial charge in [-0.3, -0.25) is 0 Å². The molecule has 0 aliphatic carbocycles. The van der Waals surface area contributed by atoms with Gasteiger partial charge in [0, 0.05) is 13.0 Å². The Morgan fingerprint density at radius 1 is 0.550 bits per heavy atom. The summed E-state index contributed by atoms with van der Waals surface area (Å²) < 4.78 is 103. The molecule has 0 atom stereocenters. The first-order chi connectivity index (χ1) is 8.74. The monoisotopic (exact) mass is 318 g/mol. The van der Waals surface area contributed by atoms with E-state index in [2.05, 4.69) is 0 Å². The van der Waals surface area contributed by atoms with Crippen molar-refractivity contribution in [3.8, 4) is 0 Å². The average molecular weight is 318 g/mol. The number of halogens is 8. The zero-order chi connectivity index (χ0) is 16.2. The second-order valence-corrected chi connectivity index (χ2v) is 4.59. The molecule has 20 heavy (non-hydrogen) atoms. The molecule has 0 aliphatic rings. The lowest BCUT2D eigenvalue weighted by molar-refractivity contribution is -0.186. The summed E-state index contributed by atoms with van der Waals surface area (Å²) >= 11 is 0. The van der Waals surface area contributed by atoms with Gasteiger partial charge in [-0.2, -0.15) is 0 Å². The van der Waals surface area contributed by atoms with Crippen LogP contribution in [-0.2, 0) is 0 Å². The van der Waals surface area contributed by atoms with Gasteiger partial charge in [-0.25, -0.2) is 35.1 Å². The number of hydrogen-bond acceptors (Lipinski definition) is 2. The highest BCUT2D eigenvalue weighted by molar-refractivity contribution is 4.86. The zero-order valence-corrected chi connectivity index (χ0v) is 10.2. The minimum Gasteiger partial charge on any atom is -0.396 e. The van der Waals surface area contributed by atoms with Gasteiger partial charge >= 0.3 is 0 Å². The minimum absolute atomic E-state index is 1.12. The van der Waals surface area contributed by atoms with E-state index in [0.717, 1.165) is 0 Å². The summed E-state index contributed by atoms with van der Waals surface area (Å²) in [5.41, 5.74) is 0.